The van der Waals surface area contributed by atoms with Crippen molar-refractivity contribution in [1.29, 1.82) is 0 Å². The van der Waals surface area contributed by atoms with Gasteiger partial charge in [-0.2, -0.15) is 5.10 Å². The van der Waals surface area contributed by atoms with Gasteiger partial charge in [-0.1, -0.05) is 18.2 Å². The lowest BCUT2D eigenvalue weighted by molar-refractivity contribution is -0.144. The third-order valence-electron chi connectivity index (χ3n) is 5.08. The number of amides is 1. The maximum Gasteiger partial charge on any atom is 0.297 e. The van der Waals surface area contributed by atoms with Gasteiger partial charge >= 0.3 is 0 Å². The Labute approximate surface area is 166 Å². The van der Waals surface area contributed by atoms with Crippen molar-refractivity contribution in [3.8, 4) is 16.9 Å². The molecule has 1 fully saturated rings. The number of halogens is 1. The molecule has 0 saturated carbocycles. The van der Waals surface area contributed by atoms with Crippen LogP contribution in [0.3, 0.4) is 0 Å². The van der Waals surface area contributed by atoms with Crippen molar-refractivity contribution in [2.45, 2.75) is 12.8 Å². The topological polar surface area (TPSA) is 51.8 Å². The summed E-state index contributed by atoms with van der Waals surface area (Å²) in [7, 11) is 0. The molecule has 1 aliphatic heterocycles. The molecule has 0 bridgehead atoms. The van der Waals surface area contributed by atoms with E-state index in [1.54, 1.807) is 29.1 Å². The number of pyridine rings is 1. The van der Waals surface area contributed by atoms with E-state index in [-0.39, 0.29) is 11.7 Å². The van der Waals surface area contributed by atoms with Gasteiger partial charge in [0.2, 0.25) is 0 Å². The quantitative estimate of drug-likeness (QED) is 0.529. The van der Waals surface area contributed by atoms with Crippen LogP contribution in [0.25, 0.3) is 22.5 Å². The Kier molecular flexibility index (Phi) is 4.37. The van der Waals surface area contributed by atoms with Crippen molar-refractivity contribution in [2.24, 2.45) is 0 Å². The number of benzene rings is 1. The van der Waals surface area contributed by atoms with Gasteiger partial charge in [0.25, 0.3) is 5.91 Å². The Bertz CT molecular complexity index is 1170. The van der Waals surface area contributed by atoms with E-state index in [9.17, 15) is 9.18 Å². The molecule has 3 aromatic heterocycles. The Morgan fingerprint density at radius 1 is 0.966 bits per heavy atom. The van der Waals surface area contributed by atoms with Gasteiger partial charge < -0.3 is 4.40 Å². The van der Waals surface area contributed by atoms with Crippen LogP contribution in [-0.4, -0.2) is 38.3 Å². The number of nitrogens with zero attached hydrogens (tertiary/aromatic N) is 4. The highest BCUT2D eigenvalue weighted by atomic mass is 19.1. The Morgan fingerprint density at radius 3 is 2.55 bits per heavy atom. The lowest BCUT2D eigenvalue weighted by Crippen LogP contribution is -2.36. The first-order valence-electron chi connectivity index (χ1n) is 9.57. The molecule has 1 aliphatic rings. The van der Waals surface area contributed by atoms with Gasteiger partial charge in [0.05, 0.1) is 6.61 Å². The second kappa shape index (κ2) is 7.18. The van der Waals surface area contributed by atoms with Crippen LogP contribution in [0, 0.1) is 5.82 Å². The predicted molar refractivity (Wildman–Crippen MR) is 106 cm³/mol. The summed E-state index contributed by atoms with van der Waals surface area (Å²) in [6, 6.07) is 16.0. The number of fused-ring (bicyclic) bond motifs is 1. The van der Waals surface area contributed by atoms with E-state index in [4.69, 9.17) is 4.84 Å². The summed E-state index contributed by atoms with van der Waals surface area (Å²) in [6.45, 7) is 1.14. The number of carbonyl (C=O) groups excluding carboxylic acids is 1. The number of hydrogen-bond acceptors (Lipinski definition) is 3. The van der Waals surface area contributed by atoms with Gasteiger partial charge in [0.1, 0.15) is 11.6 Å². The molecular weight excluding hydrogens is 371 g/mol. The van der Waals surface area contributed by atoms with Crippen LogP contribution in [0.5, 0.6) is 0 Å². The average Bonchev–Trinajstić information content (AvgIpc) is 3.41. The highest BCUT2D eigenvalue weighted by Gasteiger charge is 2.22. The molecule has 7 heteroatoms. The minimum Gasteiger partial charge on any atom is -0.301 e. The van der Waals surface area contributed by atoms with E-state index in [1.807, 2.05) is 34.9 Å². The standard InChI is InChI=1S/C22H19FN4O2/c23-18-6-3-16(4-7-18)17-5-8-19-9-10-21(25(19)15-17)26-13-11-20(24-26)22(28)27-12-1-2-14-29-27/h3-11,13,15H,1-2,12,14H2. The minimum atomic E-state index is -0.261. The fourth-order valence-corrected chi connectivity index (χ4v) is 3.54. The van der Waals surface area contributed by atoms with E-state index in [0.717, 1.165) is 35.3 Å². The molecule has 4 aromatic rings. The molecule has 6 nitrogen and oxygen atoms in total. The van der Waals surface area contributed by atoms with Gasteiger partial charge in [0.15, 0.2) is 5.69 Å². The number of aromatic nitrogens is 3. The summed E-state index contributed by atoms with van der Waals surface area (Å²) in [5, 5.41) is 5.85. The molecule has 29 heavy (non-hydrogen) atoms. The zero-order valence-electron chi connectivity index (χ0n) is 15.7. The number of hydrogen-bond donors (Lipinski definition) is 0. The van der Waals surface area contributed by atoms with Crippen LogP contribution in [0.2, 0.25) is 0 Å². The van der Waals surface area contributed by atoms with Crippen LogP contribution in [0.15, 0.2) is 67.0 Å². The molecular formula is C22H19FN4O2. The van der Waals surface area contributed by atoms with Gasteiger partial charge in [-0.05, 0) is 60.4 Å². The molecule has 0 spiro atoms. The monoisotopic (exact) mass is 390 g/mol. The smallest absolute Gasteiger partial charge is 0.297 e. The molecule has 1 saturated heterocycles. The Balaban J connectivity index is 1.49. The Hall–Kier alpha value is -3.45. The van der Waals surface area contributed by atoms with Gasteiger partial charge in [-0.25, -0.2) is 14.1 Å². The molecule has 0 unspecified atom stereocenters. The van der Waals surface area contributed by atoms with E-state index >= 15 is 0 Å². The molecule has 0 N–H and O–H groups in total. The summed E-state index contributed by atoms with van der Waals surface area (Å²) in [4.78, 5) is 18.0. The average molecular weight is 390 g/mol. The lowest BCUT2D eigenvalue weighted by Gasteiger charge is -2.24. The third kappa shape index (κ3) is 3.30. The van der Waals surface area contributed by atoms with Gasteiger partial charge in [-0.15, -0.1) is 0 Å². The summed E-state index contributed by atoms with van der Waals surface area (Å²) >= 11 is 0. The van der Waals surface area contributed by atoms with Crippen molar-refractivity contribution >= 4 is 11.4 Å². The second-order valence-electron chi connectivity index (χ2n) is 7.00. The second-order valence-corrected chi connectivity index (χ2v) is 7.00. The molecule has 1 aromatic carbocycles. The van der Waals surface area contributed by atoms with E-state index in [2.05, 4.69) is 5.10 Å². The number of carbonyl (C=O) groups is 1. The summed E-state index contributed by atoms with van der Waals surface area (Å²) in [6.07, 6.45) is 5.64. The number of rotatable bonds is 3. The summed E-state index contributed by atoms with van der Waals surface area (Å²) in [5.74, 6) is 0.321. The molecule has 4 heterocycles. The maximum atomic E-state index is 13.2. The highest BCUT2D eigenvalue weighted by molar-refractivity contribution is 5.91. The first kappa shape index (κ1) is 17.6. The zero-order valence-corrected chi connectivity index (χ0v) is 15.7. The van der Waals surface area contributed by atoms with Crippen molar-refractivity contribution in [2.75, 3.05) is 13.2 Å². The van der Waals surface area contributed by atoms with Crippen LogP contribution >= 0.6 is 0 Å². The van der Waals surface area contributed by atoms with Crippen molar-refractivity contribution in [3.05, 3.63) is 78.5 Å². The van der Waals surface area contributed by atoms with Gasteiger partial charge in [0, 0.05) is 24.5 Å². The van der Waals surface area contributed by atoms with Gasteiger partial charge in [-0.3, -0.25) is 9.63 Å². The van der Waals surface area contributed by atoms with Crippen molar-refractivity contribution < 1.29 is 14.0 Å². The first-order chi connectivity index (χ1) is 14.2. The lowest BCUT2D eigenvalue weighted by atomic mass is 10.1. The summed E-state index contributed by atoms with van der Waals surface area (Å²) in [5.41, 5.74) is 3.22. The molecule has 1 amide bonds. The van der Waals surface area contributed by atoms with E-state index < -0.39 is 0 Å². The Morgan fingerprint density at radius 2 is 1.76 bits per heavy atom. The van der Waals surface area contributed by atoms with E-state index in [1.165, 1.54) is 17.2 Å². The fraction of sp³-hybridized carbons (Fsp3) is 0.182. The van der Waals surface area contributed by atoms with E-state index in [0.29, 0.717) is 18.8 Å². The molecule has 0 aliphatic carbocycles. The van der Waals surface area contributed by atoms with Crippen LogP contribution in [-0.2, 0) is 4.84 Å². The largest absolute Gasteiger partial charge is 0.301 e. The highest BCUT2D eigenvalue weighted by Crippen LogP contribution is 2.23. The molecule has 0 atom stereocenters. The van der Waals surface area contributed by atoms with Crippen LogP contribution in [0.1, 0.15) is 23.3 Å². The first-order valence-corrected chi connectivity index (χ1v) is 9.57. The van der Waals surface area contributed by atoms with Crippen molar-refractivity contribution in [3.63, 3.8) is 0 Å². The predicted octanol–water partition coefficient (Wildman–Crippen LogP) is 4.10. The fourth-order valence-electron chi connectivity index (χ4n) is 3.54. The maximum absolute atomic E-state index is 13.2. The minimum absolute atomic E-state index is 0.226. The van der Waals surface area contributed by atoms with Crippen LogP contribution < -0.4 is 0 Å². The molecule has 5 rings (SSSR count). The molecule has 0 radical (unpaired) electrons. The number of hydroxylamine groups is 2. The normalized spacial score (nSPS) is 14.4. The van der Waals surface area contributed by atoms with Crippen molar-refractivity contribution in [1.82, 2.24) is 19.2 Å². The SMILES string of the molecule is O=C(c1ccn(-c2ccc3ccc(-c4ccc(F)cc4)cn23)n1)N1CCCCO1. The zero-order chi connectivity index (χ0) is 19.8. The third-order valence-corrected chi connectivity index (χ3v) is 5.08. The van der Waals surface area contributed by atoms with Crippen LogP contribution in [0.4, 0.5) is 4.39 Å². The summed E-state index contributed by atoms with van der Waals surface area (Å²) < 4.78 is 16.9. The molecule has 146 valence electrons.